The number of nitrogens with one attached hydrogen (secondary N) is 1. The molecule has 1 aliphatic heterocycles. The quantitative estimate of drug-likeness (QED) is 0.599. The highest BCUT2D eigenvalue weighted by atomic mass is 16.5. The van der Waals surface area contributed by atoms with E-state index < -0.39 is 0 Å². The summed E-state index contributed by atoms with van der Waals surface area (Å²) in [6.07, 6.45) is 0. The van der Waals surface area contributed by atoms with E-state index in [1.807, 2.05) is 50.9 Å². The van der Waals surface area contributed by atoms with Crippen molar-refractivity contribution in [1.29, 1.82) is 0 Å². The molecule has 1 aliphatic rings. The van der Waals surface area contributed by atoms with Gasteiger partial charge in [-0.3, -0.25) is 4.79 Å². The lowest BCUT2D eigenvalue weighted by Crippen LogP contribution is -2.51. The molecule has 170 valence electrons. The third kappa shape index (κ3) is 5.04. The molecule has 0 unspecified atom stereocenters. The van der Waals surface area contributed by atoms with Gasteiger partial charge in [-0.15, -0.1) is 0 Å². The van der Waals surface area contributed by atoms with Crippen LogP contribution in [0.4, 0.5) is 5.82 Å². The lowest BCUT2D eigenvalue weighted by atomic mass is 10.3. The van der Waals surface area contributed by atoms with Gasteiger partial charge in [-0.1, -0.05) is 6.92 Å². The second-order valence-electron chi connectivity index (χ2n) is 7.78. The molecule has 0 aliphatic carbocycles. The van der Waals surface area contributed by atoms with E-state index in [1.165, 1.54) is 0 Å². The van der Waals surface area contributed by atoms with E-state index in [1.54, 1.807) is 10.7 Å². The van der Waals surface area contributed by atoms with Crippen LogP contribution in [0.1, 0.15) is 24.1 Å². The van der Waals surface area contributed by atoms with E-state index >= 15 is 0 Å². The zero-order valence-electron chi connectivity index (χ0n) is 19.0. The maximum Gasteiger partial charge on any atom is 0.241 e. The number of rotatable bonds is 7. The molecular weight excluding hydrogens is 410 g/mol. The Morgan fingerprint density at radius 1 is 1.16 bits per heavy atom. The molecule has 32 heavy (non-hydrogen) atoms. The van der Waals surface area contributed by atoms with Gasteiger partial charge in [0.15, 0.2) is 17.4 Å². The first-order chi connectivity index (χ1) is 15.4. The molecule has 0 spiro atoms. The molecule has 4 heterocycles. The number of ether oxygens (including phenoxy) is 1. The van der Waals surface area contributed by atoms with Crippen molar-refractivity contribution >= 4 is 11.7 Å². The van der Waals surface area contributed by atoms with Crippen molar-refractivity contribution in [1.82, 2.24) is 29.8 Å². The Hall–Kier alpha value is -3.08. The van der Waals surface area contributed by atoms with Crippen LogP contribution >= 0.6 is 0 Å². The molecule has 0 radical (unpaired) electrons. The number of anilines is 1. The summed E-state index contributed by atoms with van der Waals surface area (Å²) >= 11 is 0. The third-order valence-corrected chi connectivity index (χ3v) is 5.25. The van der Waals surface area contributed by atoms with Crippen LogP contribution < -0.4 is 5.32 Å². The number of aryl methyl sites for hydroxylation is 3. The number of carbonyl (C=O) groups excluding carboxylic acids is 1. The minimum Gasteiger partial charge on any atom is -0.458 e. The predicted molar refractivity (Wildman–Crippen MR) is 119 cm³/mol. The number of nitrogens with zero attached hydrogens (tertiary/aromatic N) is 6. The van der Waals surface area contributed by atoms with Crippen LogP contribution in [-0.2, 0) is 9.53 Å². The molecule has 1 amide bonds. The lowest BCUT2D eigenvalue weighted by molar-refractivity contribution is -0.128. The van der Waals surface area contributed by atoms with Crippen LogP contribution in [0.15, 0.2) is 28.7 Å². The van der Waals surface area contributed by atoms with E-state index in [0.29, 0.717) is 36.4 Å². The molecule has 1 N–H and O–H groups in total. The fourth-order valence-corrected chi connectivity index (χ4v) is 3.73. The van der Waals surface area contributed by atoms with Crippen LogP contribution in [0.5, 0.6) is 0 Å². The monoisotopic (exact) mass is 439 g/mol. The van der Waals surface area contributed by atoms with Gasteiger partial charge in [0.2, 0.25) is 5.91 Å². The van der Waals surface area contributed by atoms with Gasteiger partial charge < -0.3 is 14.5 Å². The Morgan fingerprint density at radius 3 is 2.56 bits per heavy atom. The van der Waals surface area contributed by atoms with Crippen LogP contribution in [0, 0.1) is 20.8 Å². The summed E-state index contributed by atoms with van der Waals surface area (Å²) in [5.41, 5.74) is 1.82. The highest BCUT2D eigenvalue weighted by Crippen LogP contribution is 2.23. The number of carbonyl (C=O) groups is 1. The molecule has 4 rings (SSSR count). The number of morpholine rings is 1. The number of hydrazine groups is 1. The van der Waals surface area contributed by atoms with Gasteiger partial charge in [0.1, 0.15) is 11.6 Å². The number of aromatic nitrogens is 4. The number of hydrogen-bond donors (Lipinski definition) is 1. The molecule has 3 aromatic rings. The topological polar surface area (TPSA) is 102 Å². The molecule has 0 bridgehead atoms. The highest BCUT2D eigenvalue weighted by Gasteiger charge is 2.21. The standard InChI is InChI=1S/C22H29N7O3/c1-5-27(28-8-10-31-11-9-28)14-21(30)23-19-13-20(29-16(3)12-15(2)26-29)25-22(24-19)18-7-6-17(4)32-18/h6-7,12-13H,5,8-11,14H2,1-4H3,(H,23,24,25,30). The van der Waals surface area contributed by atoms with Crippen molar-refractivity contribution in [2.24, 2.45) is 0 Å². The molecule has 0 aromatic carbocycles. The fourth-order valence-electron chi connectivity index (χ4n) is 3.73. The van der Waals surface area contributed by atoms with Crippen molar-refractivity contribution in [3.63, 3.8) is 0 Å². The van der Waals surface area contributed by atoms with Crippen molar-refractivity contribution in [2.75, 3.05) is 44.7 Å². The zero-order valence-corrected chi connectivity index (χ0v) is 19.0. The third-order valence-electron chi connectivity index (χ3n) is 5.25. The van der Waals surface area contributed by atoms with Crippen LogP contribution in [0.3, 0.4) is 0 Å². The van der Waals surface area contributed by atoms with E-state index in [4.69, 9.17) is 9.15 Å². The van der Waals surface area contributed by atoms with Gasteiger partial charge in [0.05, 0.1) is 25.5 Å². The first-order valence-corrected chi connectivity index (χ1v) is 10.8. The SMILES string of the molecule is CCN(CC(=O)Nc1cc(-n2nc(C)cc2C)nc(-c2ccc(C)o2)n1)N1CCOCC1. The van der Waals surface area contributed by atoms with Crippen LogP contribution in [0.2, 0.25) is 0 Å². The van der Waals surface area contributed by atoms with Crippen molar-refractivity contribution < 1.29 is 13.9 Å². The molecular formula is C22H29N7O3. The number of hydrogen-bond acceptors (Lipinski definition) is 8. The van der Waals surface area contributed by atoms with Gasteiger partial charge in [-0.2, -0.15) is 5.10 Å². The lowest BCUT2D eigenvalue weighted by Gasteiger charge is -2.36. The largest absolute Gasteiger partial charge is 0.458 e. The first kappa shape index (κ1) is 22.1. The average Bonchev–Trinajstić information content (AvgIpc) is 3.37. The Labute approximate surface area is 187 Å². The number of likely N-dealkylation sites (N-methyl/N-ethyl adjacent to an activating group) is 1. The van der Waals surface area contributed by atoms with Crippen molar-refractivity contribution in [3.05, 3.63) is 41.4 Å². The maximum atomic E-state index is 12.9. The van der Waals surface area contributed by atoms with Crippen LogP contribution in [0.25, 0.3) is 17.4 Å². The second kappa shape index (κ2) is 9.60. The summed E-state index contributed by atoms with van der Waals surface area (Å²) in [5.74, 6) is 2.48. The fraction of sp³-hybridized carbons (Fsp3) is 0.455. The van der Waals surface area contributed by atoms with Gasteiger partial charge in [-0.05, 0) is 39.0 Å². The van der Waals surface area contributed by atoms with Crippen molar-refractivity contribution in [2.45, 2.75) is 27.7 Å². The van der Waals surface area contributed by atoms with Gasteiger partial charge in [0.25, 0.3) is 0 Å². The summed E-state index contributed by atoms with van der Waals surface area (Å²) in [7, 11) is 0. The molecule has 10 heteroatoms. The normalized spacial score (nSPS) is 14.8. The Bertz CT molecular complexity index is 1090. The molecule has 3 aromatic heterocycles. The summed E-state index contributed by atoms with van der Waals surface area (Å²) in [5, 5.41) is 11.6. The molecule has 0 saturated carbocycles. The zero-order chi connectivity index (χ0) is 22.7. The number of furan rings is 1. The molecule has 1 saturated heterocycles. The predicted octanol–water partition coefficient (Wildman–Crippen LogP) is 2.36. The summed E-state index contributed by atoms with van der Waals surface area (Å²) in [4.78, 5) is 22.0. The van der Waals surface area contributed by atoms with Gasteiger partial charge in [0, 0.05) is 31.4 Å². The molecule has 0 atom stereocenters. The molecule has 1 fully saturated rings. The van der Waals surface area contributed by atoms with Crippen LogP contribution in [-0.4, -0.2) is 75.1 Å². The summed E-state index contributed by atoms with van der Waals surface area (Å²) < 4.78 is 12.9. The second-order valence-corrected chi connectivity index (χ2v) is 7.78. The number of amides is 1. The van der Waals surface area contributed by atoms with E-state index in [0.717, 1.165) is 36.8 Å². The summed E-state index contributed by atoms with van der Waals surface area (Å²) in [6.45, 7) is 11.6. The molecule has 10 nitrogen and oxygen atoms in total. The Balaban J connectivity index is 1.60. The maximum absolute atomic E-state index is 12.9. The van der Waals surface area contributed by atoms with E-state index in [9.17, 15) is 4.79 Å². The van der Waals surface area contributed by atoms with E-state index in [-0.39, 0.29) is 12.5 Å². The average molecular weight is 440 g/mol. The van der Waals surface area contributed by atoms with E-state index in [2.05, 4.69) is 25.4 Å². The van der Waals surface area contributed by atoms with Gasteiger partial charge >= 0.3 is 0 Å². The minimum absolute atomic E-state index is 0.155. The smallest absolute Gasteiger partial charge is 0.241 e. The first-order valence-electron chi connectivity index (χ1n) is 10.8. The Kier molecular flexibility index (Phi) is 6.63. The highest BCUT2D eigenvalue weighted by molar-refractivity contribution is 5.91. The van der Waals surface area contributed by atoms with Crippen molar-refractivity contribution in [3.8, 4) is 17.4 Å². The Morgan fingerprint density at radius 2 is 1.94 bits per heavy atom. The van der Waals surface area contributed by atoms with Gasteiger partial charge in [-0.25, -0.2) is 24.7 Å². The summed E-state index contributed by atoms with van der Waals surface area (Å²) in [6, 6.07) is 7.37. The minimum atomic E-state index is -0.155.